The van der Waals surface area contributed by atoms with E-state index in [1.807, 2.05) is 61.1 Å². The zero-order chi connectivity index (χ0) is 20.9. The van der Waals surface area contributed by atoms with Crippen molar-refractivity contribution in [3.05, 3.63) is 101 Å². The molecule has 1 aliphatic rings. The summed E-state index contributed by atoms with van der Waals surface area (Å²) in [6.45, 7) is 0.521. The molecule has 0 radical (unpaired) electrons. The van der Waals surface area contributed by atoms with Crippen LogP contribution in [0.25, 0.3) is 33.5 Å². The van der Waals surface area contributed by atoms with Crippen molar-refractivity contribution < 1.29 is 0 Å². The summed E-state index contributed by atoms with van der Waals surface area (Å²) in [6.07, 6.45) is 5.88. The number of aromatic amines is 1. The Morgan fingerprint density at radius 1 is 0.968 bits per heavy atom. The lowest BCUT2D eigenvalue weighted by atomic mass is 10.0. The van der Waals surface area contributed by atoms with Gasteiger partial charge in [0, 0.05) is 42.0 Å². The Morgan fingerprint density at radius 2 is 1.81 bits per heavy atom. The molecule has 0 saturated carbocycles. The minimum atomic E-state index is -0.162. The Balaban J connectivity index is 1.50. The summed E-state index contributed by atoms with van der Waals surface area (Å²) in [7, 11) is 0. The molecule has 6 heteroatoms. The van der Waals surface area contributed by atoms with E-state index in [2.05, 4.69) is 33.8 Å². The number of para-hydroxylation sites is 2. The highest BCUT2D eigenvalue weighted by molar-refractivity contribution is 6.02. The molecule has 3 N–H and O–H groups in total. The van der Waals surface area contributed by atoms with Gasteiger partial charge in [0.1, 0.15) is 0 Å². The number of H-pyrrole nitrogens is 1. The molecule has 5 aromatic rings. The summed E-state index contributed by atoms with van der Waals surface area (Å²) < 4.78 is 3.78. The molecular weight excluding hydrogens is 386 g/mol. The number of nitrogens with one attached hydrogen (secondary N) is 1. The van der Waals surface area contributed by atoms with E-state index in [0.717, 1.165) is 50.3 Å². The molecule has 0 aliphatic carbocycles. The standard InChI is InChI=1S/C25H19N5O/c26-13-16-11-12-29(15-16)19-9-7-17(8-10-19)20-4-2-6-22-23(20)27-14-18-3-1-5-21-24(18)30(22)25(31)28-21/h1-12,14-15H,13,26H2,(H,28,31). The van der Waals surface area contributed by atoms with E-state index in [1.165, 1.54) is 0 Å². The van der Waals surface area contributed by atoms with Crippen molar-refractivity contribution in [3.8, 4) is 22.5 Å². The van der Waals surface area contributed by atoms with Crippen LogP contribution in [-0.2, 0) is 6.54 Å². The second kappa shape index (κ2) is 6.68. The van der Waals surface area contributed by atoms with E-state index in [4.69, 9.17) is 10.7 Å². The van der Waals surface area contributed by atoms with Crippen LogP contribution in [0.15, 0.2) is 88.9 Å². The van der Waals surface area contributed by atoms with Gasteiger partial charge in [-0.15, -0.1) is 0 Å². The van der Waals surface area contributed by atoms with Crippen LogP contribution in [0.3, 0.4) is 0 Å². The van der Waals surface area contributed by atoms with E-state index in [1.54, 1.807) is 4.57 Å². The predicted octanol–water partition coefficient (Wildman–Crippen LogP) is 4.30. The van der Waals surface area contributed by atoms with Crippen LogP contribution in [0.4, 0.5) is 5.69 Å². The smallest absolute Gasteiger partial charge is 0.326 e. The van der Waals surface area contributed by atoms with E-state index in [-0.39, 0.29) is 5.69 Å². The van der Waals surface area contributed by atoms with Gasteiger partial charge in [-0.2, -0.15) is 0 Å². The molecule has 0 fully saturated rings. The number of hydrogen-bond acceptors (Lipinski definition) is 3. The summed E-state index contributed by atoms with van der Waals surface area (Å²) >= 11 is 0. The Hall–Kier alpha value is -4.16. The van der Waals surface area contributed by atoms with Gasteiger partial charge in [0.25, 0.3) is 0 Å². The Kier molecular flexibility index (Phi) is 3.81. The zero-order valence-electron chi connectivity index (χ0n) is 16.6. The van der Waals surface area contributed by atoms with Crippen LogP contribution in [0, 0.1) is 0 Å². The average molecular weight is 405 g/mol. The van der Waals surface area contributed by atoms with Crippen molar-refractivity contribution in [1.82, 2.24) is 14.1 Å². The first-order chi connectivity index (χ1) is 15.2. The molecule has 6 nitrogen and oxygen atoms in total. The van der Waals surface area contributed by atoms with Crippen LogP contribution < -0.4 is 11.4 Å². The topological polar surface area (TPSA) is 81.1 Å². The Bertz CT molecular complexity index is 1530. The van der Waals surface area contributed by atoms with Gasteiger partial charge in [-0.3, -0.25) is 9.56 Å². The van der Waals surface area contributed by atoms with Crippen LogP contribution in [0.5, 0.6) is 0 Å². The molecular formula is C25H19N5O. The van der Waals surface area contributed by atoms with E-state index < -0.39 is 0 Å². The lowest BCUT2D eigenvalue weighted by Crippen LogP contribution is -2.14. The molecule has 6 rings (SSSR count). The van der Waals surface area contributed by atoms with Crippen LogP contribution in [0.2, 0.25) is 0 Å². The molecule has 3 aromatic carbocycles. The van der Waals surface area contributed by atoms with Crippen molar-refractivity contribution >= 4 is 22.9 Å². The number of nitrogens with two attached hydrogens (primary N) is 1. The third-order valence-electron chi connectivity index (χ3n) is 5.79. The van der Waals surface area contributed by atoms with E-state index in [9.17, 15) is 4.79 Å². The minimum Gasteiger partial charge on any atom is -0.326 e. The quantitative estimate of drug-likeness (QED) is 0.460. The summed E-state index contributed by atoms with van der Waals surface area (Å²) in [5.41, 5.74) is 13.9. The number of imidazole rings is 1. The Morgan fingerprint density at radius 3 is 2.61 bits per heavy atom. The number of nitrogens with zero attached hydrogens (tertiary/aromatic N) is 3. The maximum Gasteiger partial charge on any atom is 0.331 e. The highest BCUT2D eigenvalue weighted by Crippen LogP contribution is 2.38. The lowest BCUT2D eigenvalue weighted by molar-refractivity contribution is 1.02. The summed E-state index contributed by atoms with van der Waals surface area (Å²) in [6, 6.07) is 22.1. The molecule has 150 valence electrons. The van der Waals surface area contributed by atoms with Gasteiger partial charge in [-0.05, 0) is 41.5 Å². The van der Waals surface area contributed by atoms with Gasteiger partial charge in [0.15, 0.2) is 0 Å². The number of rotatable bonds is 3. The van der Waals surface area contributed by atoms with Gasteiger partial charge in [0.05, 0.1) is 22.4 Å². The molecule has 3 heterocycles. The molecule has 0 unspecified atom stereocenters. The Labute approximate surface area is 177 Å². The van der Waals surface area contributed by atoms with Crippen molar-refractivity contribution in [1.29, 1.82) is 0 Å². The first-order valence-corrected chi connectivity index (χ1v) is 10.1. The molecule has 1 aliphatic heterocycles. The maximum atomic E-state index is 12.8. The second-order valence-corrected chi connectivity index (χ2v) is 7.62. The zero-order valence-corrected chi connectivity index (χ0v) is 16.6. The minimum absolute atomic E-state index is 0.162. The van der Waals surface area contributed by atoms with Crippen molar-refractivity contribution in [3.63, 3.8) is 0 Å². The molecule has 2 aromatic heterocycles. The fourth-order valence-corrected chi connectivity index (χ4v) is 4.27. The third-order valence-corrected chi connectivity index (χ3v) is 5.79. The third kappa shape index (κ3) is 2.69. The maximum absolute atomic E-state index is 12.8. The monoisotopic (exact) mass is 405 g/mol. The number of aliphatic imine (C=N–C) groups is 1. The number of benzene rings is 3. The molecule has 0 amide bonds. The molecule has 0 spiro atoms. The first-order valence-electron chi connectivity index (χ1n) is 10.1. The molecule has 0 atom stereocenters. The van der Waals surface area contributed by atoms with Crippen LogP contribution in [0.1, 0.15) is 11.1 Å². The normalized spacial score (nSPS) is 12.2. The molecule has 0 bridgehead atoms. The number of fused-ring (bicyclic) bond motifs is 2. The van der Waals surface area contributed by atoms with Crippen LogP contribution >= 0.6 is 0 Å². The fourth-order valence-electron chi connectivity index (χ4n) is 4.27. The average Bonchev–Trinajstić information content (AvgIpc) is 3.37. The van der Waals surface area contributed by atoms with Crippen molar-refractivity contribution in [2.45, 2.75) is 6.54 Å². The van der Waals surface area contributed by atoms with Gasteiger partial charge in [0.2, 0.25) is 0 Å². The van der Waals surface area contributed by atoms with Gasteiger partial charge in [-0.1, -0.05) is 36.4 Å². The first kappa shape index (κ1) is 17.7. The van der Waals surface area contributed by atoms with Gasteiger partial charge >= 0.3 is 5.69 Å². The largest absolute Gasteiger partial charge is 0.331 e. The number of hydrogen-bond donors (Lipinski definition) is 2. The highest BCUT2D eigenvalue weighted by Gasteiger charge is 2.19. The van der Waals surface area contributed by atoms with Crippen molar-refractivity contribution in [2.24, 2.45) is 10.7 Å². The summed E-state index contributed by atoms with van der Waals surface area (Å²) in [4.78, 5) is 20.5. The van der Waals surface area contributed by atoms with Crippen molar-refractivity contribution in [2.75, 3.05) is 0 Å². The predicted molar refractivity (Wildman–Crippen MR) is 124 cm³/mol. The van der Waals surface area contributed by atoms with Gasteiger partial charge in [-0.25, -0.2) is 4.79 Å². The lowest BCUT2D eigenvalue weighted by Gasteiger charge is -2.12. The second-order valence-electron chi connectivity index (χ2n) is 7.62. The summed E-state index contributed by atoms with van der Waals surface area (Å²) in [5.74, 6) is 0. The SMILES string of the molecule is NCc1ccn(-c2ccc(-c3cccc4c3N=Cc3cccc5[nH]c(=O)n-4c35)cc2)c1. The van der Waals surface area contributed by atoms with Gasteiger partial charge < -0.3 is 15.3 Å². The summed E-state index contributed by atoms with van der Waals surface area (Å²) in [5, 5.41) is 0. The van der Waals surface area contributed by atoms with E-state index >= 15 is 0 Å². The highest BCUT2D eigenvalue weighted by atomic mass is 16.1. The molecule has 0 saturated heterocycles. The van der Waals surface area contributed by atoms with Crippen LogP contribution in [-0.4, -0.2) is 20.3 Å². The van der Waals surface area contributed by atoms with E-state index in [0.29, 0.717) is 6.54 Å². The fraction of sp³-hybridized carbons (Fsp3) is 0.0400. The number of aromatic nitrogens is 3. The molecule has 31 heavy (non-hydrogen) atoms.